The fourth-order valence-corrected chi connectivity index (χ4v) is 3.83. The van der Waals surface area contributed by atoms with Gasteiger partial charge in [-0.2, -0.15) is 9.97 Å². The molecule has 1 aliphatic rings. The summed E-state index contributed by atoms with van der Waals surface area (Å²) in [6.45, 7) is 4.64. The van der Waals surface area contributed by atoms with Crippen LogP contribution in [0.1, 0.15) is 51.1 Å². The molecule has 3 aromatic rings. The summed E-state index contributed by atoms with van der Waals surface area (Å²) < 4.78 is 2.04. The third-order valence-electron chi connectivity index (χ3n) is 5.55. The third-order valence-corrected chi connectivity index (χ3v) is 5.55. The Kier molecular flexibility index (Phi) is 5.53. The number of nitrogens with two attached hydrogens (primary N) is 1. The number of aromatic hydroxyl groups is 1. The van der Waals surface area contributed by atoms with Crippen LogP contribution in [0.15, 0.2) is 30.6 Å². The summed E-state index contributed by atoms with van der Waals surface area (Å²) in [5.74, 6) is 1.45. The molecule has 0 radical (unpaired) electrons. The van der Waals surface area contributed by atoms with Crippen molar-refractivity contribution in [2.75, 3.05) is 10.6 Å². The van der Waals surface area contributed by atoms with Crippen molar-refractivity contribution >= 4 is 22.9 Å². The number of rotatable bonds is 6. The zero-order valence-corrected chi connectivity index (χ0v) is 17.0. The van der Waals surface area contributed by atoms with Crippen LogP contribution in [0, 0.1) is 0 Å². The van der Waals surface area contributed by atoms with E-state index >= 15 is 0 Å². The van der Waals surface area contributed by atoms with Crippen molar-refractivity contribution in [3.8, 4) is 5.75 Å². The maximum Gasteiger partial charge on any atom is 0.227 e. The van der Waals surface area contributed by atoms with Crippen LogP contribution < -0.4 is 16.4 Å². The van der Waals surface area contributed by atoms with Crippen LogP contribution >= 0.6 is 0 Å². The molecule has 1 aliphatic carbocycles. The lowest BCUT2D eigenvalue weighted by Gasteiger charge is -2.29. The first-order valence-corrected chi connectivity index (χ1v) is 10.3. The van der Waals surface area contributed by atoms with Crippen LogP contribution in [-0.2, 0) is 6.54 Å². The summed E-state index contributed by atoms with van der Waals surface area (Å²) in [7, 11) is 0. The quantitative estimate of drug-likeness (QED) is 0.506. The van der Waals surface area contributed by atoms with Gasteiger partial charge < -0.3 is 26.0 Å². The number of aromatic nitrogens is 4. The number of nitrogens with one attached hydrogen (secondary N) is 2. The van der Waals surface area contributed by atoms with Crippen LogP contribution in [0.25, 0.3) is 11.2 Å². The number of phenolic OH excluding ortho intramolecular Hbond substituents is 1. The van der Waals surface area contributed by atoms with E-state index in [0.717, 1.165) is 30.5 Å². The average Bonchev–Trinajstić information content (AvgIpc) is 3.13. The lowest BCUT2D eigenvalue weighted by molar-refractivity contribution is 0.402. The molecule has 1 saturated carbocycles. The number of anilines is 2. The number of para-hydroxylation sites is 1. The highest BCUT2D eigenvalue weighted by Crippen LogP contribution is 2.26. The Morgan fingerprint density at radius 2 is 2.00 bits per heavy atom. The van der Waals surface area contributed by atoms with Crippen molar-refractivity contribution in [1.82, 2.24) is 19.5 Å². The molecular weight excluding hydrogens is 366 g/mol. The number of hydrogen-bond donors (Lipinski definition) is 4. The molecule has 1 aromatic carbocycles. The number of fused-ring (bicyclic) bond motifs is 1. The zero-order chi connectivity index (χ0) is 20.4. The number of benzene rings is 1. The molecule has 0 bridgehead atoms. The Labute approximate surface area is 170 Å². The molecule has 4 rings (SSSR count). The summed E-state index contributed by atoms with van der Waals surface area (Å²) in [5, 5.41) is 16.8. The van der Waals surface area contributed by atoms with Crippen LogP contribution in [-0.4, -0.2) is 36.7 Å². The average molecular weight is 396 g/mol. The van der Waals surface area contributed by atoms with Gasteiger partial charge in [0.15, 0.2) is 17.0 Å². The smallest absolute Gasteiger partial charge is 0.227 e. The van der Waals surface area contributed by atoms with Gasteiger partial charge in [0.1, 0.15) is 5.75 Å². The second kappa shape index (κ2) is 8.24. The summed E-state index contributed by atoms with van der Waals surface area (Å²) in [6.07, 6.45) is 6.17. The number of phenols is 1. The normalized spacial score (nSPS) is 19.6. The van der Waals surface area contributed by atoms with E-state index in [9.17, 15) is 5.11 Å². The molecule has 154 valence electrons. The molecule has 8 nitrogen and oxygen atoms in total. The van der Waals surface area contributed by atoms with Crippen molar-refractivity contribution in [3.63, 3.8) is 0 Å². The van der Waals surface area contributed by atoms with E-state index in [1.54, 1.807) is 12.4 Å². The van der Waals surface area contributed by atoms with Gasteiger partial charge in [-0.1, -0.05) is 31.0 Å². The number of hydrogen-bond acceptors (Lipinski definition) is 7. The van der Waals surface area contributed by atoms with Gasteiger partial charge in [-0.25, -0.2) is 4.98 Å². The minimum absolute atomic E-state index is 0.107. The predicted molar refractivity (Wildman–Crippen MR) is 115 cm³/mol. The predicted octanol–water partition coefficient (Wildman–Crippen LogP) is 3.41. The van der Waals surface area contributed by atoms with Gasteiger partial charge in [0.25, 0.3) is 0 Å². The molecule has 1 fully saturated rings. The zero-order valence-electron chi connectivity index (χ0n) is 17.0. The number of nitrogens with zero attached hydrogens (tertiary/aromatic N) is 4. The molecular formula is C21H29N7O. The lowest BCUT2D eigenvalue weighted by atomic mass is 9.91. The third kappa shape index (κ3) is 4.12. The topological polar surface area (TPSA) is 114 Å². The molecule has 5 N–H and O–H groups in total. The standard InChI is InChI=1S/C21H29N7O/c1-13(2)28-12-24-18-19(23-11-14-7-3-6-10-17(14)29)26-21(27-20(18)28)25-16-9-5-4-8-15(16)22/h3,6-7,10,12-13,15-16,29H,4-5,8-9,11,22H2,1-2H3,(H2,23,25,26,27)/t15-,16-/m1/s1. The van der Waals surface area contributed by atoms with E-state index in [4.69, 9.17) is 15.7 Å². The van der Waals surface area contributed by atoms with Crippen LogP contribution in [0.3, 0.4) is 0 Å². The summed E-state index contributed by atoms with van der Waals surface area (Å²) >= 11 is 0. The Morgan fingerprint density at radius 1 is 1.21 bits per heavy atom. The minimum Gasteiger partial charge on any atom is -0.508 e. The minimum atomic E-state index is 0.107. The van der Waals surface area contributed by atoms with Gasteiger partial charge in [0, 0.05) is 30.2 Å². The van der Waals surface area contributed by atoms with Gasteiger partial charge in [-0.3, -0.25) is 0 Å². The maximum absolute atomic E-state index is 10.1. The fourth-order valence-electron chi connectivity index (χ4n) is 3.83. The van der Waals surface area contributed by atoms with Gasteiger partial charge in [-0.15, -0.1) is 0 Å². The first kappa shape index (κ1) is 19.4. The Balaban J connectivity index is 1.66. The second-order valence-corrected chi connectivity index (χ2v) is 8.00. The van der Waals surface area contributed by atoms with Crippen LogP contribution in [0.4, 0.5) is 11.8 Å². The molecule has 0 amide bonds. The van der Waals surface area contributed by atoms with E-state index < -0.39 is 0 Å². The first-order chi connectivity index (χ1) is 14.0. The molecule has 2 atom stereocenters. The van der Waals surface area contributed by atoms with E-state index in [1.165, 1.54) is 6.42 Å². The molecule has 0 saturated heterocycles. The molecule has 8 heteroatoms. The van der Waals surface area contributed by atoms with E-state index in [1.807, 2.05) is 22.8 Å². The molecule has 2 aromatic heterocycles. The second-order valence-electron chi connectivity index (χ2n) is 8.00. The first-order valence-electron chi connectivity index (χ1n) is 10.3. The van der Waals surface area contributed by atoms with Crippen molar-refractivity contribution in [2.45, 2.75) is 64.2 Å². The van der Waals surface area contributed by atoms with Crippen LogP contribution in [0.5, 0.6) is 5.75 Å². The fraction of sp³-hybridized carbons (Fsp3) is 0.476. The van der Waals surface area contributed by atoms with Crippen molar-refractivity contribution in [2.24, 2.45) is 5.73 Å². The largest absolute Gasteiger partial charge is 0.508 e. The van der Waals surface area contributed by atoms with Crippen molar-refractivity contribution < 1.29 is 5.11 Å². The highest BCUT2D eigenvalue weighted by Gasteiger charge is 2.23. The van der Waals surface area contributed by atoms with Crippen LogP contribution in [0.2, 0.25) is 0 Å². The van der Waals surface area contributed by atoms with Crippen molar-refractivity contribution in [1.29, 1.82) is 0 Å². The Morgan fingerprint density at radius 3 is 2.76 bits per heavy atom. The summed E-state index contributed by atoms with van der Waals surface area (Å²) in [6, 6.07) is 7.77. The van der Waals surface area contributed by atoms with Gasteiger partial charge in [0.2, 0.25) is 5.95 Å². The molecule has 2 heterocycles. The lowest BCUT2D eigenvalue weighted by Crippen LogP contribution is -2.43. The summed E-state index contributed by atoms with van der Waals surface area (Å²) in [4.78, 5) is 14.0. The van der Waals surface area contributed by atoms with Gasteiger partial charge in [0.05, 0.1) is 6.33 Å². The van der Waals surface area contributed by atoms with E-state index in [0.29, 0.717) is 23.8 Å². The monoisotopic (exact) mass is 395 g/mol. The molecule has 0 unspecified atom stereocenters. The highest BCUT2D eigenvalue weighted by atomic mass is 16.3. The molecule has 0 aliphatic heterocycles. The SMILES string of the molecule is CC(C)n1cnc2c(NCc3ccccc3O)nc(N[C@@H]3CCCC[C@H]3N)nc21. The maximum atomic E-state index is 10.1. The van der Waals surface area contributed by atoms with E-state index in [-0.39, 0.29) is 23.9 Å². The molecule has 0 spiro atoms. The number of imidazole rings is 1. The Hall–Kier alpha value is -2.87. The molecule has 29 heavy (non-hydrogen) atoms. The van der Waals surface area contributed by atoms with Gasteiger partial charge >= 0.3 is 0 Å². The Bertz CT molecular complexity index is 984. The highest BCUT2D eigenvalue weighted by molar-refractivity contribution is 5.84. The van der Waals surface area contributed by atoms with Crippen molar-refractivity contribution in [3.05, 3.63) is 36.2 Å². The summed E-state index contributed by atoms with van der Waals surface area (Å²) in [5.41, 5.74) is 8.60. The van der Waals surface area contributed by atoms with E-state index in [2.05, 4.69) is 29.5 Å². The van der Waals surface area contributed by atoms with Gasteiger partial charge in [-0.05, 0) is 32.8 Å².